The third kappa shape index (κ3) is 3.50. The molecule has 0 spiro atoms. The first-order valence-corrected chi connectivity index (χ1v) is 7.33. The Balaban J connectivity index is 1.58. The van der Waals surface area contributed by atoms with Crippen molar-refractivity contribution in [3.63, 3.8) is 0 Å². The number of aromatic nitrogens is 1. The number of methoxy groups -OCH3 is 1. The van der Waals surface area contributed by atoms with Crippen LogP contribution in [0.3, 0.4) is 0 Å². The van der Waals surface area contributed by atoms with E-state index in [4.69, 9.17) is 9.26 Å². The minimum Gasteiger partial charge on any atom is -0.497 e. The van der Waals surface area contributed by atoms with Gasteiger partial charge in [-0.3, -0.25) is 9.59 Å². The summed E-state index contributed by atoms with van der Waals surface area (Å²) >= 11 is 0. The van der Waals surface area contributed by atoms with Crippen LogP contribution in [0.1, 0.15) is 18.5 Å². The summed E-state index contributed by atoms with van der Waals surface area (Å²) in [5.74, 6) is 1.09. The van der Waals surface area contributed by atoms with Crippen LogP contribution in [0.5, 0.6) is 5.75 Å². The molecular weight excluding hydrogens is 298 g/mol. The van der Waals surface area contributed by atoms with Crippen LogP contribution in [0.25, 0.3) is 11.3 Å². The molecule has 2 heterocycles. The van der Waals surface area contributed by atoms with Gasteiger partial charge >= 0.3 is 0 Å². The van der Waals surface area contributed by atoms with Crippen molar-refractivity contribution < 1.29 is 18.8 Å². The molecule has 2 aromatic rings. The van der Waals surface area contributed by atoms with Crippen molar-refractivity contribution in [2.45, 2.75) is 25.4 Å². The monoisotopic (exact) mass is 315 g/mol. The molecule has 120 valence electrons. The van der Waals surface area contributed by atoms with Crippen molar-refractivity contribution in [2.75, 3.05) is 7.11 Å². The van der Waals surface area contributed by atoms with Crippen LogP contribution in [0.4, 0.5) is 0 Å². The number of carbonyl (C=O) groups is 2. The second kappa shape index (κ2) is 6.51. The molecule has 1 aromatic carbocycles. The highest BCUT2D eigenvalue weighted by molar-refractivity contribution is 5.90. The lowest BCUT2D eigenvalue weighted by atomic mass is 10.1. The number of nitrogens with zero attached hydrogens (tertiary/aromatic N) is 1. The van der Waals surface area contributed by atoms with Gasteiger partial charge in [-0.1, -0.05) is 5.16 Å². The minimum atomic E-state index is -0.449. The second-order valence-electron chi connectivity index (χ2n) is 5.29. The van der Waals surface area contributed by atoms with E-state index in [2.05, 4.69) is 15.8 Å². The third-order valence-electron chi connectivity index (χ3n) is 3.69. The molecule has 2 amide bonds. The zero-order valence-electron chi connectivity index (χ0n) is 12.7. The van der Waals surface area contributed by atoms with Gasteiger partial charge in [-0.15, -0.1) is 0 Å². The van der Waals surface area contributed by atoms with Gasteiger partial charge in [0.2, 0.25) is 11.8 Å². The first-order chi connectivity index (χ1) is 11.2. The van der Waals surface area contributed by atoms with Gasteiger partial charge in [-0.25, -0.2) is 0 Å². The van der Waals surface area contributed by atoms with Crippen LogP contribution in [-0.4, -0.2) is 30.1 Å². The Morgan fingerprint density at radius 1 is 1.43 bits per heavy atom. The molecule has 1 aromatic heterocycles. The van der Waals surface area contributed by atoms with Crippen molar-refractivity contribution in [2.24, 2.45) is 0 Å². The minimum absolute atomic E-state index is 0.0895. The Bertz CT molecular complexity index is 708. The van der Waals surface area contributed by atoms with E-state index in [-0.39, 0.29) is 18.4 Å². The maximum absolute atomic E-state index is 11.9. The highest BCUT2D eigenvalue weighted by Crippen LogP contribution is 2.23. The maximum Gasteiger partial charge on any atom is 0.242 e. The molecule has 1 fully saturated rings. The SMILES string of the molecule is COc1ccc(-c2cc(CNC(=O)C3CCC(=O)N3)no2)cc1. The Hall–Kier alpha value is -2.83. The number of rotatable bonds is 5. The molecule has 1 saturated heterocycles. The molecule has 7 nitrogen and oxygen atoms in total. The Morgan fingerprint density at radius 2 is 2.22 bits per heavy atom. The molecule has 7 heteroatoms. The highest BCUT2D eigenvalue weighted by atomic mass is 16.5. The van der Waals surface area contributed by atoms with E-state index in [0.29, 0.717) is 24.3 Å². The molecule has 0 bridgehead atoms. The number of benzene rings is 1. The van der Waals surface area contributed by atoms with Gasteiger partial charge in [-0.05, 0) is 30.7 Å². The van der Waals surface area contributed by atoms with Crippen LogP contribution < -0.4 is 15.4 Å². The van der Waals surface area contributed by atoms with E-state index >= 15 is 0 Å². The van der Waals surface area contributed by atoms with Crippen LogP contribution in [0.2, 0.25) is 0 Å². The summed E-state index contributed by atoms with van der Waals surface area (Å²) < 4.78 is 10.4. The van der Waals surface area contributed by atoms with Gasteiger partial charge in [-0.2, -0.15) is 0 Å². The van der Waals surface area contributed by atoms with Crippen LogP contribution in [0, 0.1) is 0 Å². The van der Waals surface area contributed by atoms with E-state index < -0.39 is 6.04 Å². The predicted octanol–water partition coefficient (Wildman–Crippen LogP) is 1.24. The van der Waals surface area contributed by atoms with Crippen molar-refractivity contribution in [1.29, 1.82) is 0 Å². The molecule has 0 radical (unpaired) electrons. The lowest BCUT2D eigenvalue weighted by Gasteiger charge is -2.09. The molecule has 1 atom stereocenters. The fourth-order valence-corrected chi connectivity index (χ4v) is 2.40. The lowest BCUT2D eigenvalue weighted by molar-refractivity contribution is -0.125. The standard InChI is InChI=1S/C16H17N3O4/c1-22-12-4-2-10(3-5-12)14-8-11(19-23-14)9-17-16(21)13-6-7-15(20)18-13/h2-5,8,13H,6-7,9H2,1H3,(H,17,21)(H,18,20). The van der Waals surface area contributed by atoms with Gasteiger partial charge in [0, 0.05) is 18.1 Å². The molecule has 0 aliphatic carbocycles. The normalized spacial score (nSPS) is 16.9. The summed E-state index contributed by atoms with van der Waals surface area (Å²) in [6, 6.07) is 8.74. The van der Waals surface area contributed by atoms with Crippen molar-refractivity contribution in [3.8, 4) is 17.1 Å². The topological polar surface area (TPSA) is 93.5 Å². The first-order valence-electron chi connectivity index (χ1n) is 7.33. The molecule has 23 heavy (non-hydrogen) atoms. The second-order valence-corrected chi connectivity index (χ2v) is 5.29. The summed E-state index contributed by atoms with van der Waals surface area (Å²) in [4.78, 5) is 23.0. The number of ether oxygens (including phenoxy) is 1. The largest absolute Gasteiger partial charge is 0.497 e. The Morgan fingerprint density at radius 3 is 2.87 bits per heavy atom. The average molecular weight is 315 g/mol. The van der Waals surface area contributed by atoms with Gasteiger partial charge < -0.3 is 19.9 Å². The molecule has 2 N–H and O–H groups in total. The number of amides is 2. The van der Waals surface area contributed by atoms with Gasteiger partial charge in [0.1, 0.15) is 17.5 Å². The molecule has 3 rings (SSSR count). The zero-order valence-corrected chi connectivity index (χ0v) is 12.7. The Kier molecular flexibility index (Phi) is 4.27. The summed E-state index contributed by atoms with van der Waals surface area (Å²) in [6.45, 7) is 0.255. The fraction of sp³-hybridized carbons (Fsp3) is 0.312. The molecule has 1 unspecified atom stereocenters. The zero-order chi connectivity index (χ0) is 16.2. The third-order valence-corrected chi connectivity index (χ3v) is 3.69. The van der Waals surface area contributed by atoms with Gasteiger partial charge in [0.25, 0.3) is 0 Å². The summed E-state index contributed by atoms with van der Waals surface area (Å²) in [7, 11) is 1.61. The van der Waals surface area contributed by atoms with E-state index in [9.17, 15) is 9.59 Å². The maximum atomic E-state index is 11.9. The van der Waals surface area contributed by atoms with Gasteiger partial charge in [0.05, 0.1) is 13.7 Å². The van der Waals surface area contributed by atoms with Crippen molar-refractivity contribution in [1.82, 2.24) is 15.8 Å². The predicted molar refractivity (Wildman–Crippen MR) is 81.5 cm³/mol. The number of hydrogen-bond acceptors (Lipinski definition) is 5. The van der Waals surface area contributed by atoms with Gasteiger partial charge in [0.15, 0.2) is 5.76 Å². The molecule has 1 aliphatic rings. The van der Waals surface area contributed by atoms with E-state index in [1.165, 1.54) is 0 Å². The summed E-state index contributed by atoms with van der Waals surface area (Å²) in [5.41, 5.74) is 1.49. The number of nitrogens with one attached hydrogen (secondary N) is 2. The van der Waals surface area contributed by atoms with E-state index in [0.717, 1.165) is 11.3 Å². The smallest absolute Gasteiger partial charge is 0.242 e. The quantitative estimate of drug-likeness (QED) is 0.866. The van der Waals surface area contributed by atoms with Crippen molar-refractivity contribution >= 4 is 11.8 Å². The fourth-order valence-electron chi connectivity index (χ4n) is 2.40. The molecular formula is C16H17N3O4. The number of hydrogen-bond donors (Lipinski definition) is 2. The summed E-state index contributed by atoms with van der Waals surface area (Å²) in [5, 5.41) is 9.31. The van der Waals surface area contributed by atoms with Crippen LogP contribution in [-0.2, 0) is 16.1 Å². The number of carbonyl (C=O) groups excluding carboxylic acids is 2. The van der Waals surface area contributed by atoms with E-state index in [1.807, 2.05) is 24.3 Å². The Labute approximate surface area is 133 Å². The van der Waals surface area contributed by atoms with Crippen LogP contribution >= 0.6 is 0 Å². The van der Waals surface area contributed by atoms with Crippen molar-refractivity contribution in [3.05, 3.63) is 36.0 Å². The van der Waals surface area contributed by atoms with Crippen LogP contribution in [0.15, 0.2) is 34.9 Å². The average Bonchev–Trinajstić information content (AvgIpc) is 3.22. The molecule has 0 saturated carbocycles. The van der Waals surface area contributed by atoms with E-state index in [1.54, 1.807) is 13.2 Å². The summed E-state index contributed by atoms with van der Waals surface area (Å²) in [6.07, 6.45) is 0.921. The lowest BCUT2D eigenvalue weighted by Crippen LogP contribution is -2.41. The molecule has 1 aliphatic heterocycles. The highest BCUT2D eigenvalue weighted by Gasteiger charge is 2.26. The first kappa shape index (κ1) is 15.1.